The molecule has 13 nitrogen and oxygen atoms in total. The molecule has 5 unspecified atom stereocenters. The first kappa shape index (κ1) is 28.3. The van der Waals surface area contributed by atoms with Crippen molar-refractivity contribution in [3.05, 3.63) is 36.0 Å². The largest absolute Gasteiger partial charge is 0.481 e. The van der Waals surface area contributed by atoms with E-state index in [0.717, 1.165) is 16.5 Å². The average molecular weight is 506 g/mol. The lowest BCUT2D eigenvalue weighted by atomic mass is 10.0. The molecule has 2 aromatic rings. The molecule has 9 N–H and O–H groups in total. The zero-order chi connectivity index (χ0) is 27.0. The first-order chi connectivity index (χ1) is 16.9. The summed E-state index contributed by atoms with van der Waals surface area (Å²) in [6.45, 7) is 2.56. The molecule has 0 spiro atoms. The quantitative estimate of drug-likeness (QED) is 0.164. The first-order valence-corrected chi connectivity index (χ1v) is 11.2. The van der Waals surface area contributed by atoms with Crippen LogP contribution in [0, 0.1) is 0 Å². The number of nitrogens with two attached hydrogens (primary N) is 1. The SMILES string of the molecule is CC(NC(=O)C(N)Cc1c[nH]c2ccccc12)C(=O)NC(C(=O)NC(CCC(=O)O)C(=O)O)C(C)O. The van der Waals surface area contributed by atoms with E-state index in [2.05, 4.69) is 20.9 Å². The Hall–Kier alpha value is -3.97. The molecule has 13 heteroatoms. The van der Waals surface area contributed by atoms with E-state index in [4.69, 9.17) is 10.8 Å². The molecule has 0 radical (unpaired) electrons. The summed E-state index contributed by atoms with van der Waals surface area (Å²) in [6, 6.07) is 2.31. The summed E-state index contributed by atoms with van der Waals surface area (Å²) in [6.07, 6.45) is -0.367. The van der Waals surface area contributed by atoms with Gasteiger partial charge in [-0.25, -0.2) is 4.79 Å². The lowest BCUT2D eigenvalue weighted by Gasteiger charge is -2.25. The second-order valence-corrected chi connectivity index (χ2v) is 8.46. The summed E-state index contributed by atoms with van der Waals surface area (Å²) < 4.78 is 0. The van der Waals surface area contributed by atoms with E-state index in [1.807, 2.05) is 24.3 Å². The predicted molar refractivity (Wildman–Crippen MR) is 128 cm³/mol. The van der Waals surface area contributed by atoms with Crippen molar-refractivity contribution >= 4 is 40.6 Å². The number of aromatic nitrogens is 1. The lowest BCUT2D eigenvalue weighted by Crippen LogP contribution is -2.59. The van der Waals surface area contributed by atoms with Crippen molar-refractivity contribution in [2.24, 2.45) is 5.73 Å². The number of aliphatic hydroxyl groups is 1. The predicted octanol–water partition coefficient (Wildman–Crippen LogP) is -1.16. The number of nitrogens with one attached hydrogen (secondary N) is 4. The number of carbonyl (C=O) groups excluding carboxylic acids is 3. The van der Waals surface area contributed by atoms with Crippen LogP contribution in [0.5, 0.6) is 0 Å². The van der Waals surface area contributed by atoms with Crippen LogP contribution in [0.25, 0.3) is 10.9 Å². The molecule has 5 atom stereocenters. The van der Waals surface area contributed by atoms with E-state index in [-0.39, 0.29) is 6.42 Å². The van der Waals surface area contributed by atoms with Crippen molar-refractivity contribution in [3.8, 4) is 0 Å². The molecule has 0 aliphatic carbocycles. The van der Waals surface area contributed by atoms with Crippen molar-refractivity contribution in [3.63, 3.8) is 0 Å². The number of amides is 3. The zero-order valence-corrected chi connectivity index (χ0v) is 19.9. The third kappa shape index (κ3) is 7.78. The molecular weight excluding hydrogens is 474 g/mol. The number of para-hydroxylation sites is 1. The first-order valence-electron chi connectivity index (χ1n) is 11.2. The van der Waals surface area contributed by atoms with Crippen LogP contribution in [-0.4, -0.2) is 80.2 Å². The van der Waals surface area contributed by atoms with Crippen molar-refractivity contribution in [1.29, 1.82) is 0 Å². The summed E-state index contributed by atoms with van der Waals surface area (Å²) in [7, 11) is 0. The zero-order valence-electron chi connectivity index (χ0n) is 19.9. The van der Waals surface area contributed by atoms with E-state index in [0.29, 0.717) is 0 Å². The van der Waals surface area contributed by atoms with Crippen LogP contribution in [0.1, 0.15) is 32.3 Å². The summed E-state index contributed by atoms with van der Waals surface area (Å²) in [5, 5.41) is 35.7. The van der Waals surface area contributed by atoms with Gasteiger partial charge in [-0.05, 0) is 38.3 Å². The number of rotatable bonds is 13. The molecule has 196 valence electrons. The highest BCUT2D eigenvalue weighted by Gasteiger charge is 2.31. The minimum absolute atomic E-state index is 0.204. The number of aliphatic hydroxyl groups excluding tert-OH is 1. The van der Waals surface area contributed by atoms with Gasteiger partial charge in [-0.1, -0.05) is 18.2 Å². The standard InChI is InChI=1S/C23H31N5O8/c1-11(26-21(33)15(24)9-13-10-25-16-6-4-3-5-14(13)16)20(32)28-19(12(2)29)22(34)27-17(23(35)36)7-8-18(30)31/h3-6,10-12,15,17,19,25,29H,7-9,24H2,1-2H3,(H,26,33)(H,27,34)(H,28,32)(H,30,31)(H,35,36). The molecule has 1 heterocycles. The Kier molecular flexibility index (Phi) is 9.93. The maximum atomic E-state index is 12.6. The van der Waals surface area contributed by atoms with Gasteiger partial charge in [-0.3, -0.25) is 19.2 Å². The lowest BCUT2D eigenvalue weighted by molar-refractivity contribution is -0.144. The second kappa shape index (κ2) is 12.7. The molecule has 0 aliphatic rings. The monoisotopic (exact) mass is 505 g/mol. The number of carbonyl (C=O) groups is 5. The highest BCUT2D eigenvalue weighted by Crippen LogP contribution is 2.18. The van der Waals surface area contributed by atoms with Crippen LogP contribution < -0.4 is 21.7 Å². The number of carboxylic acids is 2. The summed E-state index contributed by atoms with van der Waals surface area (Å²) >= 11 is 0. The molecule has 0 bridgehead atoms. The van der Waals surface area contributed by atoms with Crippen LogP contribution >= 0.6 is 0 Å². The van der Waals surface area contributed by atoms with Gasteiger partial charge in [0.05, 0.1) is 12.1 Å². The fourth-order valence-corrected chi connectivity index (χ4v) is 3.49. The maximum absolute atomic E-state index is 12.6. The van der Waals surface area contributed by atoms with Gasteiger partial charge in [0.1, 0.15) is 18.1 Å². The van der Waals surface area contributed by atoms with Gasteiger partial charge in [-0.2, -0.15) is 0 Å². The van der Waals surface area contributed by atoms with Crippen molar-refractivity contribution in [2.45, 2.75) is 63.4 Å². The summed E-state index contributed by atoms with van der Waals surface area (Å²) in [5.41, 5.74) is 7.74. The van der Waals surface area contributed by atoms with E-state index >= 15 is 0 Å². The molecule has 0 fully saturated rings. The highest BCUT2D eigenvalue weighted by molar-refractivity contribution is 5.94. The molecule has 0 aliphatic heterocycles. The van der Waals surface area contributed by atoms with Crippen molar-refractivity contribution in [2.75, 3.05) is 0 Å². The maximum Gasteiger partial charge on any atom is 0.326 e. The van der Waals surface area contributed by atoms with Crippen LogP contribution in [0.2, 0.25) is 0 Å². The molecule has 1 aromatic heterocycles. The van der Waals surface area contributed by atoms with Crippen molar-refractivity contribution in [1.82, 2.24) is 20.9 Å². The van der Waals surface area contributed by atoms with Gasteiger partial charge in [0.25, 0.3) is 0 Å². The number of H-pyrrole nitrogens is 1. The van der Waals surface area contributed by atoms with Crippen LogP contribution in [0.3, 0.4) is 0 Å². The van der Waals surface area contributed by atoms with Gasteiger partial charge in [0.2, 0.25) is 17.7 Å². The fraction of sp³-hybridized carbons (Fsp3) is 0.435. The number of hydrogen-bond donors (Lipinski definition) is 8. The van der Waals surface area contributed by atoms with Crippen LogP contribution in [0.15, 0.2) is 30.5 Å². The summed E-state index contributed by atoms with van der Waals surface area (Å²) in [5.74, 6) is -5.17. The Bertz CT molecular complexity index is 1110. The third-order valence-corrected chi connectivity index (χ3v) is 5.53. The Balaban J connectivity index is 1.96. The highest BCUT2D eigenvalue weighted by atomic mass is 16.4. The Morgan fingerprint density at radius 2 is 1.64 bits per heavy atom. The average Bonchev–Trinajstić information content (AvgIpc) is 3.21. The van der Waals surface area contributed by atoms with E-state index in [1.165, 1.54) is 13.8 Å². The smallest absolute Gasteiger partial charge is 0.326 e. The topological polar surface area (TPSA) is 224 Å². The Morgan fingerprint density at radius 1 is 0.972 bits per heavy atom. The summed E-state index contributed by atoms with van der Waals surface area (Å²) in [4.78, 5) is 62.8. The van der Waals surface area contributed by atoms with Crippen LogP contribution in [0.4, 0.5) is 0 Å². The van der Waals surface area contributed by atoms with Gasteiger partial charge in [-0.15, -0.1) is 0 Å². The minimum Gasteiger partial charge on any atom is -0.481 e. The van der Waals surface area contributed by atoms with Crippen molar-refractivity contribution < 1.29 is 39.3 Å². The van der Waals surface area contributed by atoms with Crippen LogP contribution in [-0.2, 0) is 30.4 Å². The third-order valence-electron chi connectivity index (χ3n) is 5.53. The molecule has 0 saturated heterocycles. The van der Waals surface area contributed by atoms with E-state index in [1.54, 1.807) is 6.20 Å². The second-order valence-electron chi connectivity index (χ2n) is 8.46. The fourth-order valence-electron chi connectivity index (χ4n) is 3.49. The molecule has 0 saturated carbocycles. The number of benzene rings is 1. The Labute approximate surface area is 206 Å². The molecule has 3 amide bonds. The normalized spacial score (nSPS) is 15.2. The van der Waals surface area contributed by atoms with E-state index in [9.17, 15) is 34.2 Å². The number of fused-ring (bicyclic) bond motifs is 1. The number of hydrogen-bond acceptors (Lipinski definition) is 7. The van der Waals surface area contributed by atoms with Gasteiger partial charge >= 0.3 is 11.9 Å². The molecule has 36 heavy (non-hydrogen) atoms. The molecular formula is C23H31N5O8. The molecule has 1 aromatic carbocycles. The van der Waals surface area contributed by atoms with Gasteiger partial charge in [0, 0.05) is 23.5 Å². The number of aromatic amines is 1. The Morgan fingerprint density at radius 3 is 2.25 bits per heavy atom. The number of carboxylic acid groups (broad SMARTS) is 2. The molecule has 2 rings (SSSR count). The van der Waals surface area contributed by atoms with Gasteiger partial charge in [0.15, 0.2) is 0 Å². The van der Waals surface area contributed by atoms with Gasteiger partial charge < -0.3 is 42.0 Å². The number of aliphatic carboxylic acids is 2. The minimum atomic E-state index is -1.55. The van der Waals surface area contributed by atoms with E-state index < -0.39 is 72.8 Å².